The molecule has 5 nitrogen and oxygen atoms in total. The Labute approximate surface area is 121 Å². The molecule has 0 atom stereocenters. The van der Waals surface area contributed by atoms with Crippen LogP contribution in [0.4, 0.5) is 0 Å². The second-order valence-corrected chi connectivity index (χ2v) is 6.23. The van der Waals surface area contributed by atoms with Crippen molar-refractivity contribution >= 4 is 22.8 Å². The van der Waals surface area contributed by atoms with Gasteiger partial charge in [0.1, 0.15) is 5.69 Å². The number of aromatic carboxylic acids is 1. The van der Waals surface area contributed by atoms with Crippen LogP contribution in [-0.2, 0) is 6.54 Å². The zero-order valence-corrected chi connectivity index (χ0v) is 11.6. The number of carboxylic acids is 1. The Hall–Kier alpha value is -2.30. The molecular formula is C16H16N2O3. The molecule has 1 fully saturated rings. The fourth-order valence-corrected chi connectivity index (χ4v) is 3.51. The van der Waals surface area contributed by atoms with Crippen molar-refractivity contribution in [3.63, 3.8) is 0 Å². The number of nitrogens with one attached hydrogen (secondary N) is 1. The first-order valence-electron chi connectivity index (χ1n) is 7.23. The summed E-state index contributed by atoms with van der Waals surface area (Å²) in [4.78, 5) is 23.4. The van der Waals surface area contributed by atoms with E-state index in [4.69, 9.17) is 5.11 Å². The van der Waals surface area contributed by atoms with Crippen molar-refractivity contribution in [2.75, 3.05) is 6.54 Å². The Morgan fingerprint density at radius 1 is 1.29 bits per heavy atom. The minimum atomic E-state index is -0.941. The molecule has 1 aliphatic heterocycles. The summed E-state index contributed by atoms with van der Waals surface area (Å²) in [6.07, 6.45) is 3.43. The second-order valence-electron chi connectivity index (χ2n) is 6.23. The fourth-order valence-electron chi connectivity index (χ4n) is 3.51. The van der Waals surface area contributed by atoms with E-state index in [2.05, 4.69) is 5.32 Å². The molecule has 2 N–H and O–H groups in total. The molecule has 5 heteroatoms. The van der Waals surface area contributed by atoms with E-state index in [9.17, 15) is 9.59 Å². The van der Waals surface area contributed by atoms with Gasteiger partial charge >= 0.3 is 5.97 Å². The lowest BCUT2D eigenvalue weighted by Crippen LogP contribution is -2.41. The number of rotatable bonds is 1. The van der Waals surface area contributed by atoms with E-state index >= 15 is 0 Å². The third-order valence-electron chi connectivity index (χ3n) is 4.92. The lowest BCUT2D eigenvalue weighted by molar-refractivity contribution is 0.0696. The highest BCUT2D eigenvalue weighted by Gasteiger charge is 2.40. The molecule has 1 aliphatic carbocycles. The molecule has 21 heavy (non-hydrogen) atoms. The number of hydrogen-bond acceptors (Lipinski definition) is 2. The van der Waals surface area contributed by atoms with Crippen LogP contribution in [0.3, 0.4) is 0 Å². The van der Waals surface area contributed by atoms with Crippen molar-refractivity contribution < 1.29 is 14.7 Å². The number of hydrogen-bond donors (Lipinski definition) is 2. The summed E-state index contributed by atoms with van der Waals surface area (Å²) in [6.45, 7) is 1.50. The third-order valence-corrected chi connectivity index (χ3v) is 4.92. The van der Waals surface area contributed by atoms with E-state index in [1.165, 1.54) is 6.42 Å². The lowest BCUT2D eigenvalue weighted by atomic mass is 9.68. The van der Waals surface area contributed by atoms with Crippen molar-refractivity contribution in [1.82, 2.24) is 9.88 Å². The Bertz CT molecular complexity index is 771. The van der Waals surface area contributed by atoms with Crippen molar-refractivity contribution in [3.05, 3.63) is 35.5 Å². The number of nitrogens with zero attached hydrogens (tertiary/aromatic N) is 1. The number of benzene rings is 1. The molecule has 1 aromatic heterocycles. The average Bonchev–Trinajstić information content (AvgIpc) is 2.71. The van der Waals surface area contributed by atoms with Crippen LogP contribution in [0.2, 0.25) is 0 Å². The summed E-state index contributed by atoms with van der Waals surface area (Å²) >= 11 is 0. The summed E-state index contributed by atoms with van der Waals surface area (Å²) in [5.41, 5.74) is 1.88. The van der Waals surface area contributed by atoms with Gasteiger partial charge in [0.05, 0.1) is 5.56 Å². The topological polar surface area (TPSA) is 71.3 Å². The van der Waals surface area contributed by atoms with Crippen molar-refractivity contribution in [2.45, 2.75) is 25.8 Å². The highest BCUT2D eigenvalue weighted by molar-refractivity contribution is 6.01. The molecule has 1 aromatic carbocycles. The van der Waals surface area contributed by atoms with Gasteiger partial charge in [0.15, 0.2) is 0 Å². The molecule has 2 aromatic rings. The molecule has 0 radical (unpaired) electrons. The van der Waals surface area contributed by atoms with Gasteiger partial charge in [-0.2, -0.15) is 0 Å². The largest absolute Gasteiger partial charge is 0.478 e. The number of carbonyl (C=O) groups is 2. The minimum Gasteiger partial charge on any atom is -0.478 e. The average molecular weight is 284 g/mol. The predicted octanol–water partition coefficient (Wildman–Crippen LogP) is 2.25. The van der Waals surface area contributed by atoms with E-state index in [-0.39, 0.29) is 16.9 Å². The maximum Gasteiger partial charge on any atom is 0.335 e. The molecule has 1 saturated carbocycles. The van der Waals surface area contributed by atoms with Gasteiger partial charge in [-0.3, -0.25) is 4.79 Å². The van der Waals surface area contributed by atoms with Crippen LogP contribution in [0.5, 0.6) is 0 Å². The predicted molar refractivity (Wildman–Crippen MR) is 77.5 cm³/mol. The smallest absolute Gasteiger partial charge is 0.335 e. The van der Waals surface area contributed by atoms with Crippen LogP contribution < -0.4 is 5.32 Å². The number of aromatic nitrogens is 1. The maximum atomic E-state index is 12.3. The summed E-state index contributed by atoms with van der Waals surface area (Å²) in [6, 6.07) is 6.89. The monoisotopic (exact) mass is 284 g/mol. The number of amides is 1. The van der Waals surface area contributed by atoms with Crippen molar-refractivity contribution in [2.24, 2.45) is 5.41 Å². The van der Waals surface area contributed by atoms with Gasteiger partial charge in [0.25, 0.3) is 5.91 Å². The van der Waals surface area contributed by atoms with Crippen molar-refractivity contribution in [1.29, 1.82) is 0 Å². The number of carbonyl (C=O) groups excluding carboxylic acids is 1. The van der Waals surface area contributed by atoms with Crippen LogP contribution in [0.25, 0.3) is 10.9 Å². The molecule has 108 valence electrons. The molecule has 2 aliphatic rings. The minimum absolute atomic E-state index is 0.0631. The van der Waals surface area contributed by atoms with Gasteiger partial charge in [-0.05, 0) is 31.0 Å². The molecule has 0 unspecified atom stereocenters. The van der Waals surface area contributed by atoms with E-state index in [1.807, 2.05) is 10.6 Å². The van der Waals surface area contributed by atoms with Crippen molar-refractivity contribution in [3.8, 4) is 0 Å². The first-order chi connectivity index (χ1) is 10.1. The van der Waals surface area contributed by atoms with E-state index in [1.54, 1.807) is 18.2 Å². The standard InChI is InChI=1S/C16H16N2O3/c19-14-13-6-10-2-3-11(15(20)21)7-12(10)18(13)9-16(8-17-14)4-1-5-16/h2-3,6-7H,1,4-5,8-9H2,(H,17,19)(H,20,21). The quantitative estimate of drug-likeness (QED) is 0.843. The summed E-state index contributed by atoms with van der Waals surface area (Å²) in [5.74, 6) is -1.00. The molecule has 2 heterocycles. The van der Waals surface area contributed by atoms with Crippen LogP contribution in [0.1, 0.15) is 40.1 Å². The Morgan fingerprint density at radius 2 is 2.10 bits per heavy atom. The van der Waals surface area contributed by atoms with Crippen LogP contribution in [0, 0.1) is 5.41 Å². The highest BCUT2D eigenvalue weighted by atomic mass is 16.4. The SMILES string of the molecule is O=C(O)c1ccc2cc3n(c2c1)CC1(CCC1)CNC3=O. The Balaban J connectivity index is 1.92. The first-order valence-corrected chi connectivity index (χ1v) is 7.23. The van der Waals surface area contributed by atoms with Gasteiger partial charge in [-0.1, -0.05) is 12.5 Å². The zero-order chi connectivity index (χ0) is 14.6. The van der Waals surface area contributed by atoms with Gasteiger partial charge in [0.2, 0.25) is 0 Å². The van der Waals surface area contributed by atoms with Crippen LogP contribution in [0.15, 0.2) is 24.3 Å². The highest BCUT2D eigenvalue weighted by Crippen LogP contribution is 2.44. The van der Waals surface area contributed by atoms with E-state index in [0.717, 1.165) is 30.3 Å². The van der Waals surface area contributed by atoms with Crippen LogP contribution >= 0.6 is 0 Å². The lowest BCUT2D eigenvalue weighted by Gasteiger charge is -2.41. The van der Waals surface area contributed by atoms with E-state index in [0.29, 0.717) is 12.2 Å². The van der Waals surface area contributed by atoms with Crippen LogP contribution in [-0.4, -0.2) is 28.1 Å². The van der Waals surface area contributed by atoms with Gasteiger partial charge in [-0.15, -0.1) is 0 Å². The zero-order valence-electron chi connectivity index (χ0n) is 11.6. The fraction of sp³-hybridized carbons (Fsp3) is 0.375. The Morgan fingerprint density at radius 3 is 2.76 bits per heavy atom. The third kappa shape index (κ3) is 1.77. The normalized spacial score (nSPS) is 19.7. The summed E-state index contributed by atoms with van der Waals surface area (Å²) in [5, 5.41) is 13.1. The second kappa shape index (κ2) is 4.10. The molecule has 1 amide bonds. The number of fused-ring (bicyclic) bond motifs is 3. The molecule has 0 bridgehead atoms. The maximum absolute atomic E-state index is 12.3. The molecule has 1 spiro atoms. The molecule has 4 rings (SSSR count). The molecule has 0 saturated heterocycles. The van der Waals surface area contributed by atoms with Gasteiger partial charge in [0, 0.05) is 29.4 Å². The summed E-state index contributed by atoms with van der Waals surface area (Å²) < 4.78 is 2.00. The number of carboxylic acid groups (broad SMARTS) is 1. The Kier molecular flexibility index (Phi) is 2.43. The van der Waals surface area contributed by atoms with E-state index < -0.39 is 5.97 Å². The van der Waals surface area contributed by atoms with Gasteiger partial charge in [-0.25, -0.2) is 4.79 Å². The first kappa shape index (κ1) is 12.4. The van der Waals surface area contributed by atoms with Gasteiger partial charge < -0.3 is 15.0 Å². The summed E-state index contributed by atoms with van der Waals surface area (Å²) in [7, 11) is 0. The molecular weight excluding hydrogens is 268 g/mol.